The van der Waals surface area contributed by atoms with Crippen molar-refractivity contribution in [3.63, 3.8) is 0 Å². The number of nitrogens with zero attached hydrogens (tertiary/aromatic N) is 2. The van der Waals surface area contributed by atoms with Crippen LogP contribution in [0.5, 0.6) is 0 Å². The lowest BCUT2D eigenvalue weighted by Gasteiger charge is -2.31. The Morgan fingerprint density at radius 1 is 1.45 bits per heavy atom. The molecule has 122 valence electrons. The normalized spacial score (nSPS) is 20.0. The number of sulfonamides is 1. The molecule has 0 bridgehead atoms. The zero-order valence-electron chi connectivity index (χ0n) is 11.9. The van der Waals surface area contributed by atoms with Crippen molar-refractivity contribution in [3.8, 4) is 0 Å². The Balaban J connectivity index is 2.39. The summed E-state index contributed by atoms with van der Waals surface area (Å²) in [5.41, 5.74) is 4.51. The molecule has 7 nitrogen and oxygen atoms in total. The van der Waals surface area contributed by atoms with Gasteiger partial charge in [0.25, 0.3) is 0 Å². The zero-order valence-corrected chi connectivity index (χ0v) is 12.8. The Bertz CT molecular complexity index is 663. The van der Waals surface area contributed by atoms with Crippen molar-refractivity contribution in [2.75, 3.05) is 19.6 Å². The molecule has 1 aromatic carbocycles. The molecule has 9 heteroatoms. The lowest BCUT2D eigenvalue weighted by atomic mass is 9.96. The van der Waals surface area contributed by atoms with E-state index < -0.39 is 31.3 Å². The van der Waals surface area contributed by atoms with Gasteiger partial charge in [0.15, 0.2) is 4.90 Å². The van der Waals surface area contributed by atoms with E-state index in [-0.39, 0.29) is 19.0 Å². The second kappa shape index (κ2) is 6.67. The van der Waals surface area contributed by atoms with E-state index in [1.165, 1.54) is 4.31 Å². The van der Waals surface area contributed by atoms with E-state index in [1.54, 1.807) is 0 Å². The van der Waals surface area contributed by atoms with Gasteiger partial charge in [-0.1, -0.05) is 6.07 Å². The SMILES string of the molecule is NCCC1CCCN(S(=O)(=O)c2cccc(F)c2[N+](=O)[O-])C1. The third kappa shape index (κ3) is 3.26. The van der Waals surface area contributed by atoms with E-state index >= 15 is 0 Å². The van der Waals surface area contributed by atoms with Crippen molar-refractivity contribution in [2.24, 2.45) is 11.7 Å². The molecule has 1 fully saturated rings. The smallest absolute Gasteiger partial charge is 0.324 e. The second-order valence-corrected chi connectivity index (χ2v) is 7.20. The number of hydrogen-bond donors (Lipinski definition) is 1. The van der Waals surface area contributed by atoms with E-state index in [2.05, 4.69) is 0 Å². The maximum atomic E-state index is 13.7. The number of halogens is 1. The Morgan fingerprint density at radius 3 is 2.82 bits per heavy atom. The minimum atomic E-state index is -4.10. The van der Waals surface area contributed by atoms with Gasteiger partial charge in [0.05, 0.1) is 4.92 Å². The van der Waals surface area contributed by atoms with E-state index in [1.807, 2.05) is 0 Å². The number of para-hydroxylation sites is 1. The van der Waals surface area contributed by atoms with Crippen LogP contribution in [0.2, 0.25) is 0 Å². The van der Waals surface area contributed by atoms with Gasteiger partial charge in [0.1, 0.15) is 0 Å². The molecule has 0 spiro atoms. The van der Waals surface area contributed by atoms with Gasteiger partial charge in [-0.3, -0.25) is 10.1 Å². The molecule has 2 rings (SSSR count). The van der Waals surface area contributed by atoms with Crippen molar-refractivity contribution in [1.29, 1.82) is 0 Å². The van der Waals surface area contributed by atoms with Crippen LogP contribution in [0.15, 0.2) is 23.1 Å². The third-order valence-electron chi connectivity index (χ3n) is 3.81. The maximum absolute atomic E-state index is 13.7. The maximum Gasteiger partial charge on any atom is 0.324 e. The summed E-state index contributed by atoms with van der Waals surface area (Å²) >= 11 is 0. The molecular formula is C13H18FN3O4S. The molecule has 1 heterocycles. The lowest BCUT2D eigenvalue weighted by Crippen LogP contribution is -2.40. The van der Waals surface area contributed by atoms with Crippen molar-refractivity contribution >= 4 is 15.7 Å². The van der Waals surface area contributed by atoms with Crippen molar-refractivity contribution < 1.29 is 17.7 Å². The predicted molar refractivity (Wildman–Crippen MR) is 78.2 cm³/mol. The highest BCUT2D eigenvalue weighted by Gasteiger charge is 2.36. The summed E-state index contributed by atoms with van der Waals surface area (Å²) in [7, 11) is -4.10. The molecule has 0 aliphatic carbocycles. The van der Waals surface area contributed by atoms with Gasteiger partial charge >= 0.3 is 5.69 Å². The summed E-state index contributed by atoms with van der Waals surface area (Å²) in [6, 6.07) is 3.12. The average Bonchev–Trinajstić information content (AvgIpc) is 2.47. The number of piperidine rings is 1. The predicted octanol–water partition coefficient (Wildman–Crippen LogP) is 1.48. The number of nitrogens with two attached hydrogens (primary N) is 1. The molecule has 0 radical (unpaired) electrons. The molecule has 1 aliphatic rings. The first-order valence-corrected chi connectivity index (χ1v) is 8.45. The quantitative estimate of drug-likeness (QED) is 0.650. The molecule has 1 atom stereocenters. The monoisotopic (exact) mass is 331 g/mol. The van der Waals surface area contributed by atoms with Gasteiger partial charge in [-0.15, -0.1) is 0 Å². The van der Waals surface area contributed by atoms with Crippen LogP contribution in [0.4, 0.5) is 10.1 Å². The third-order valence-corrected chi connectivity index (χ3v) is 5.70. The Kier molecular flexibility index (Phi) is 5.09. The fourth-order valence-electron chi connectivity index (χ4n) is 2.74. The second-order valence-electron chi connectivity index (χ2n) is 5.29. The number of benzene rings is 1. The largest absolute Gasteiger partial charge is 0.330 e. The fraction of sp³-hybridized carbons (Fsp3) is 0.538. The summed E-state index contributed by atoms with van der Waals surface area (Å²) in [6.45, 7) is 0.989. The highest BCUT2D eigenvalue weighted by Crippen LogP contribution is 2.31. The lowest BCUT2D eigenvalue weighted by molar-refractivity contribution is -0.390. The summed E-state index contributed by atoms with van der Waals surface area (Å²) in [6.07, 6.45) is 2.22. The Morgan fingerprint density at radius 2 is 2.18 bits per heavy atom. The minimum absolute atomic E-state index is 0.126. The van der Waals surface area contributed by atoms with E-state index in [4.69, 9.17) is 5.73 Å². The topological polar surface area (TPSA) is 107 Å². The van der Waals surface area contributed by atoms with Crippen molar-refractivity contribution in [1.82, 2.24) is 4.31 Å². The van der Waals surface area contributed by atoms with Gasteiger partial charge in [0.2, 0.25) is 15.8 Å². The molecule has 1 aromatic rings. The highest BCUT2D eigenvalue weighted by molar-refractivity contribution is 7.89. The number of rotatable bonds is 5. The van der Waals surface area contributed by atoms with E-state index in [9.17, 15) is 22.9 Å². The highest BCUT2D eigenvalue weighted by atomic mass is 32.2. The number of nitro benzene ring substituents is 1. The molecule has 0 saturated carbocycles. The summed E-state index contributed by atoms with van der Waals surface area (Å²) in [4.78, 5) is 9.42. The summed E-state index contributed by atoms with van der Waals surface area (Å²) in [5, 5.41) is 11.0. The van der Waals surface area contributed by atoms with Gasteiger partial charge < -0.3 is 5.73 Å². The molecule has 1 aliphatic heterocycles. The van der Waals surface area contributed by atoms with E-state index in [0.29, 0.717) is 19.4 Å². The molecule has 1 saturated heterocycles. The van der Waals surface area contributed by atoms with Crippen LogP contribution in [-0.4, -0.2) is 37.3 Å². The first kappa shape index (κ1) is 16.8. The fourth-order valence-corrected chi connectivity index (χ4v) is 4.46. The van der Waals surface area contributed by atoms with Crippen LogP contribution in [0.25, 0.3) is 0 Å². The average molecular weight is 331 g/mol. The molecular weight excluding hydrogens is 313 g/mol. The summed E-state index contributed by atoms with van der Waals surface area (Å²) < 4.78 is 40.1. The van der Waals surface area contributed by atoms with Crippen LogP contribution in [0.1, 0.15) is 19.3 Å². The zero-order chi connectivity index (χ0) is 16.3. The van der Waals surface area contributed by atoms with E-state index in [0.717, 1.165) is 24.6 Å². The molecule has 0 amide bonds. The molecule has 22 heavy (non-hydrogen) atoms. The van der Waals surface area contributed by atoms with Crippen LogP contribution >= 0.6 is 0 Å². The van der Waals surface area contributed by atoms with Crippen molar-refractivity contribution in [2.45, 2.75) is 24.2 Å². The first-order valence-electron chi connectivity index (χ1n) is 7.01. The Labute approximate surface area is 128 Å². The first-order chi connectivity index (χ1) is 10.4. The summed E-state index contributed by atoms with van der Waals surface area (Å²) in [5.74, 6) is -1.03. The van der Waals surface area contributed by atoms with Crippen molar-refractivity contribution in [3.05, 3.63) is 34.1 Å². The van der Waals surface area contributed by atoms with Crippen LogP contribution < -0.4 is 5.73 Å². The van der Waals surface area contributed by atoms with Crippen LogP contribution in [0.3, 0.4) is 0 Å². The van der Waals surface area contributed by atoms with Gasteiger partial charge in [-0.05, 0) is 43.9 Å². The number of nitro groups is 1. The van der Waals surface area contributed by atoms with Gasteiger partial charge in [0, 0.05) is 13.1 Å². The van der Waals surface area contributed by atoms with Gasteiger partial charge in [-0.2, -0.15) is 8.70 Å². The number of hydrogen-bond acceptors (Lipinski definition) is 5. The van der Waals surface area contributed by atoms with Crippen LogP contribution in [-0.2, 0) is 10.0 Å². The molecule has 1 unspecified atom stereocenters. The molecule has 0 aromatic heterocycles. The van der Waals surface area contributed by atoms with Gasteiger partial charge in [-0.25, -0.2) is 8.42 Å². The minimum Gasteiger partial charge on any atom is -0.330 e. The molecule has 2 N–H and O–H groups in total. The Hall–Kier alpha value is -1.58. The van der Waals surface area contributed by atoms with Crippen LogP contribution in [0, 0.1) is 21.8 Å². The standard InChI is InChI=1S/C13H18FN3O4S/c14-11-4-1-5-12(13(11)17(18)19)22(20,21)16-8-2-3-10(9-16)6-7-15/h1,4-5,10H,2-3,6-9,15H2.